The van der Waals surface area contributed by atoms with Crippen LogP contribution < -0.4 is 5.32 Å². The predicted octanol–water partition coefficient (Wildman–Crippen LogP) is 3.67. The number of nitrogens with zero attached hydrogens (tertiary/aromatic N) is 2. The summed E-state index contributed by atoms with van der Waals surface area (Å²) >= 11 is 3.55. The van der Waals surface area contributed by atoms with Gasteiger partial charge < -0.3 is 9.88 Å². The Morgan fingerprint density at radius 1 is 1.37 bits per heavy atom. The molecule has 1 aromatic heterocycles. The fourth-order valence-electron chi connectivity index (χ4n) is 2.26. The Morgan fingerprint density at radius 3 is 2.79 bits per heavy atom. The van der Waals surface area contributed by atoms with Gasteiger partial charge in [0.2, 0.25) is 0 Å². The first-order chi connectivity index (χ1) is 9.17. The van der Waals surface area contributed by atoms with Crippen molar-refractivity contribution in [1.29, 1.82) is 0 Å². The molecule has 2 aromatic rings. The highest BCUT2D eigenvalue weighted by atomic mass is 79.9. The van der Waals surface area contributed by atoms with Crippen molar-refractivity contribution in [2.45, 2.75) is 33.4 Å². The van der Waals surface area contributed by atoms with Gasteiger partial charge in [0.1, 0.15) is 5.82 Å². The highest BCUT2D eigenvalue weighted by Crippen LogP contribution is 2.25. The molecule has 1 unspecified atom stereocenters. The lowest BCUT2D eigenvalue weighted by molar-refractivity contribution is 0.558. The van der Waals surface area contributed by atoms with Gasteiger partial charge in [0.05, 0.1) is 6.04 Å². The number of imidazole rings is 1. The van der Waals surface area contributed by atoms with Crippen molar-refractivity contribution in [1.82, 2.24) is 14.9 Å². The monoisotopic (exact) mass is 321 g/mol. The molecule has 1 aromatic carbocycles. The molecule has 102 valence electrons. The average Bonchev–Trinajstić information content (AvgIpc) is 2.87. The minimum atomic E-state index is 0.145. The van der Waals surface area contributed by atoms with Crippen LogP contribution in [-0.2, 0) is 6.54 Å². The molecule has 0 aliphatic heterocycles. The van der Waals surface area contributed by atoms with Crippen LogP contribution in [0.4, 0.5) is 0 Å². The maximum atomic E-state index is 4.52. The third kappa shape index (κ3) is 3.07. The van der Waals surface area contributed by atoms with Crippen LogP contribution in [0.25, 0.3) is 0 Å². The molecule has 4 heteroatoms. The van der Waals surface area contributed by atoms with E-state index in [1.165, 1.54) is 11.1 Å². The van der Waals surface area contributed by atoms with E-state index in [0.29, 0.717) is 0 Å². The van der Waals surface area contributed by atoms with E-state index in [1.54, 1.807) is 0 Å². The number of aromatic nitrogens is 2. The van der Waals surface area contributed by atoms with Crippen molar-refractivity contribution in [3.63, 3.8) is 0 Å². The third-order valence-electron chi connectivity index (χ3n) is 3.27. The standard InChI is InChI=1S/C15H20BrN3/c1-4-17-14(15-18-8-9-19(15)5-2)12-6-7-13(16)11(3)10-12/h6-10,14,17H,4-5H2,1-3H3. The second-order valence-electron chi connectivity index (χ2n) is 4.57. The summed E-state index contributed by atoms with van der Waals surface area (Å²) in [5, 5.41) is 3.52. The van der Waals surface area contributed by atoms with E-state index in [1.807, 2.05) is 12.4 Å². The van der Waals surface area contributed by atoms with Gasteiger partial charge in [0, 0.05) is 23.4 Å². The van der Waals surface area contributed by atoms with Crippen molar-refractivity contribution in [3.05, 3.63) is 52.0 Å². The molecule has 0 bridgehead atoms. The van der Waals surface area contributed by atoms with Gasteiger partial charge in [-0.25, -0.2) is 4.98 Å². The Kier molecular flexibility index (Phi) is 4.77. The number of benzene rings is 1. The first-order valence-corrected chi connectivity index (χ1v) is 7.47. The summed E-state index contributed by atoms with van der Waals surface area (Å²) < 4.78 is 3.33. The second kappa shape index (κ2) is 6.35. The number of hydrogen-bond donors (Lipinski definition) is 1. The zero-order valence-electron chi connectivity index (χ0n) is 11.7. The summed E-state index contributed by atoms with van der Waals surface area (Å²) in [7, 11) is 0. The molecule has 19 heavy (non-hydrogen) atoms. The lowest BCUT2D eigenvalue weighted by Crippen LogP contribution is -2.25. The second-order valence-corrected chi connectivity index (χ2v) is 5.43. The maximum Gasteiger partial charge on any atom is 0.130 e. The topological polar surface area (TPSA) is 29.9 Å². The zero-order chi connectivity index (χ0) is 13.8. The van der Waals surface area contributed by atoms with E-state index in [0.717, 1.165) is 23.4 Å². The van der Waals surface area contributed by atoms with Crippen LogP contribution in [0.3, 0.4) is 0 Å². The molecule has 0 fully saturated rings. The quantitative estimate of drug-likeness (QED) is 0.910. The molecule has 1 atom stereocenters. The SMILES string of the molecule is CCNC(c1ccc(Br)c(C)c1)c1nccn1CC. The van der Waals surface area contributed by atoms with Gasteiger partial charge in [-0.05, 0) is 37.6 Å². The van der Waals surface area contributed by atoms with E-state index in [-0.39, 0.29) is 6.04 Å². The van der Waals surface area contributed by atoms with Crippen LogP contribution in [0.5, 0.6) is 0 Å². The number of aryl methyl sites for hydroxylation is 2. The van der Waals surface area contributed by atoms with Crippen molar-refractivity contribution in [2.75, 3.05) is 6.54 Å². The van der Waals surface area contributed by atoms with Crippen LogP contribution in [0.15, 0.2) is 35.1 Å². The Hall–Kier alpha value is -1.13. The molecule has 0 saturated carbocycles. The van der Waals surface area contributed by atoms with Crippen molar-refractivity contribution >= 4 is 15.9 Å². The lowest BCUT2D eigenvalue weighted by Gasteiger charge is -2.20. The van der Waals surface area contributed by atoms with E-state index < -0.39 is 0 Å². The van der Waals surface area contributed by atoms with E-state index in [4.69, 9.17) is 0 Å². The zero-order valence-corrected chi connectivity index (χ0v) is 13.2. The molecular formula is C15H20BrN3. The number of halogens is 1. The number of nitrogens with one attached hydrogen (secondary N) is 1. The molecule has 0 aliphatic carbocycles. The van der Waals surface area contributed by atoms with Crippen LogP contribution in [0.2, 0.25) is 0 Å². The minimum absolute atomic E-state index is 0.145. The Bertz CT molecular complexity index is 548. The van der Waals surface area contributed by atoms with Gasteiger partial charge in [-0.3, -0.25) is 0 Å². The third-order valence-corrected chi connectivity index (χ3v) is 4.16. The van der Waals surface area contributed by atoms with Gasteiger partial charge in [0.15, 0.2) is 0 Å². The smallest absolute Gasteiger partial charge is 0.130 e. The molecule has 0 aliphatic rings. The van der Waals surface area contributed by atoms with Gasteiger partial charge in [-0.2, -0.15) is 0 Å². The van der Waals surface area contributed by atoms with Gasteiger partial charge in [-0.1, -0.05) is 35.0 Å². The van der Waals surface area contributed by atoms with E-state index in [9.17, 15) is 0 Å². The molecule has 2 rings (SSSR count). The lowest BCUT2D eigenvalue weighted by atomic mass is 10.0. The number of hydrogen-bond acceptors (Lipinski definition) is 2. The molecule has 0 amide bonds. The predicted molar refractivity (Wildman–Crippen MR) is 82.3 cm³/mol. The Morgan fingerprint density at radius 2 is 2.16 bits per heavy atom. The average molecular weight is 322 g/mol. The summed E-state index contributed by atoms with van der Waals surface area (Å²) in [5.41, 5.74) is 2.50. The normalized spacial score (nSPS) is 12.6. The van der Waals surface area contributed by atoms with Crippen LogP contribution in [0.1, 0.15) is 36.8 Å². The maximum absolute atomic E-state index is 4.52. The van der Waals surface area contributed by atoms with Crippen LogP contribution in [0, 0.1) is 6.92 Å². The molecular weight excluding hydrogens is 302 g/mol. The summed E-state index contributed by atoms with van der Waals surface area (Å²) in [6.07, 6.45) is 3.90. The van der Waals surface area contributed by atoms with Crippen molar-refractivity contribution < 1.29 is 0 Å². The summed E-state index contributed by atoms with van der Waals surface area (Å²) in [4.78, 5) is 4.52. The van der Waals surface area contributed by atoms with Gasteiger partial charge >= 0.3 is 0 Å². The Balaban J connectivity index is 2.42. The molecule has 1 N–H and O–H groups in total. The highest BCUT2D eigenvalue weighted by Gasteiger charge is 2.18. The van der Waals surface area contributed by atoms with Crippen LogP contribution >= 0.6 is 15.9 Å². The van der Waals surface area contributed by atoms with Crippen molar-refractivity contribution in [3.8, 4) is 0 Å². The van der Waals surface area contributed by atoms with Crippen molar-refractivity contribution in [2.24, 2.45) is 0 Å². The number of rotatable bonds is 5. The van der Waals surface area contributed by atoms with Gasteiger partial charge in [-0.15, -0.1) is 0 Å². The fraction of sp³-hybridized carbons (Fsp3) is 0.400. The first-order valence-electron chi connectivity index (χ1n) is 6.67. The fourth-order valence-corrected chi connectivity index (χ4v) is 2.50. The van der Waals surface area contributed by atoms with Gasteiger partial charge in [0.25, 0.3) is 0 Å². The molecule has 0 spiro atoms. The summed E-state index contributed by atoms with van der Waals surface area (Å²) in [5.74, 6) is 1.08. The molecule has 3 nitrogen and oxygen atoms in total. The van der Waals surface area contributed by atoms with E-state index >= 15 is 0 Å². The first kappa shape index (κ1) is 14.3. The summed E-state index contributed by atoms with van der Waals surface area (Å²) in [6, 6.07) is 6.62. The molecule has 0 saturated heterocycles. The minimum Gasteiger partial charge on any atom is -0.334 e. The molecule has 0 radical (unpaired) electrons. The molecule has 1 heterocycles. The van der Waals surface area contributed by atoms with Crippen LogP contribution in [-0.4, -0.2) is 16.1 Å². The summed E-state index contributed by atoms with van der Waals surface area (Å²) in [6.45, 7) is 8.23. The van der Waals surface area contributed by atoms with E-state index in [2.05, 4.69) is 69.8 Å². The largest absolute Gasteiger partial charge is 0.334 e. The highest BCUT2D eigenvalue weighted by molar-refractivity contribution is 9.10. The Labute approximate surface area is 123 Å².